The molecule has 0 amide bonds. The summed E-state index contributed by atoms with van der Waals surface area (Å²) in [6.45, 7) is 6.55. The predicted octanol–water partition coefficient (Wildman–Crippen LogP) is 2.26. The Kier molecular flexibility index (Phi) is 0.885. The standard InChI is InChI=1S/C9H12O/c1-6-4-7-5-9(2,3)8(6)10-7/h4-5,8H,1-3H3. The van der Waals surface area contributed by atoms with Gasteiger partial charge in [-0.2, -0.15) is 0 Å². The third kappa shape index (κ3) is 0.578. The highest BCUT2D eigenvalue weighted by molar-refractivity contribution is 5.37. The van der Waals surface area contributed by atoms with E-state index in [-0.39, 0.29) is 5.41 Å². The van der Waals surface area contributed by atoms with Gasteiger partial charge in [0.15, 0.2) is 0 Å². The summed E-state index contributed by atoms with van der Waals surface area (Å²) in [6, 6.07) is 0. The third-order valence-electron chi connectivity index (χ3n) is 2.23. The molecule has 1 unspecified atom stereocenters. The molecule has 2 heterocycles. The summed E-state index contributed by atoms with van der Waals surface area (Å²) in [4.78, 5) is 0. The van der Waals surface area contributed by atoms with Crippen molar-refractivity contribution in [2.75, 3.05) is 0 Å². The van der Waals surface area contributed by atoms with Crippen LogP contribution in [0.25, 0.3) is 0 Å². The summed E-state index contributed by atoms with van der Waals surface area (Å²) < 4.78 is 5.57. The molecule has 0 aliphatic carbocycles. The van der Waals surface area contributed by atoms with Gasteiger partial charge < -0.3 is 4.74 Å². The van der Waals surface area contributed by atoms with Crippen molar-refractivity contribution in [2.45, 2.75) is 26.9 Å². The van der Waals surface area contributed by atoms with Gasteiger partial charge in [-0.25, -0.2) is 0 Å². The Balaban J connectivity index is 2.44. The topological polar surface area (TPSA) is 9.23 Å². The molecule has 0 aromatic rings. The minimum atomic E-state index is 0.230. The molecular formula is C9H12O. The number of hydrogen-bond donors (Lipinski definition) is 0. The highest BCUT2D eigenvalue weighted by Crippen LogP contribution is 2.43. The Labute approximate surface area is 61.4 Å². The van der Waals surface area contributed by atoms with Gasteiger partial charge in [0.1, 0.15) is 11.9 Å². The molecule has 1 atom stereocenters. The lowest BCUT2D eigenvalue weighted by atomic mass is 9.82. The summed E-state index contributed by atoms with van der Waals surface area (Å²) in [5, 5.41) is 0. The van der Waals surface area contributed by atoms with Crippen LogP contribution in [0.3, 0.4) is 0 Å². The first kappa shape index (κ1) is 6.02. The molecule has 1 nitrogen and oxygen atoms in total. The molecule has 2 aliphatic rings. The molecule has 0 saturated carbocycles. The maximum absolute atomic E-state index is 5.57. The molecule has 2 aliphatic heterocycles. The number of rotatable bonds is 0. The molecule has 0 aromatic heterocycles. The van der Waals surface area contributed by atoms with E-state index in [4.69, 9.17) is 4.74 Å². The van der Waals surface area contributed by atoms with Gasteiger partial charge in [-0.1, -0.05) is 13.8 Å². The lowest BCUT2D eigenvalue weighted by Crippen LogP contribution is -2.24. The molecule has 0 aromatic carbocycles. The van der Waals surface area contributed by atoms with Crippen LogP contribution < -0.4 is 0 Å². The number of allylic oxidation sites excluding steroid dienone is 1. The van der Waals surface area contributed by atoms with E-state index in [9.17, 15) is 0 Å². The predicted molar refractivity (Wildman–Crippen MR) is 40.5 cm³/mol. The summed E-state index contributed by atoms with van der Waals surface area (Å²) in [7, 11) is 0. The van der Waals surface area contributed by atoms with Crippen molar-refractivity contribution in [1.82, 2.24) is 0 Å². The van der Waals surface area contributed by atoms with Crippen molar-refractivity contribution in [3.8, 4) is 0 Å². The molecule has 0 spiro atoms. The fraction of sp³-hybridized carbons (Fsp3) is 0.556. The monoisotopic (exact) mass is 136 g/mol. The second-order valence-electron chi connectivity index (χ2n) is 3.75. The largest absolute Gasteiger partial charge is 0.486 e. The second kappa shape index (κ2) is 1.47. The number of hydrogen-bond acceptors (Lipinski definition) is 1. The lowest BCUT2D eigenvalue weighted by molar-refractivity contribution is 0.130. The molecule has 0 N–H and O–H groups in total. The van der Waals surface area contributed by atoms with Crippen LogP contribution in [0.1, 0.15) is 20.8 Å². The van der Waals surface area contributed by atoms with Gasteiger partial charge >= 0.3 is 0 Å². The molecule has 0 saturated heterocycles. The zero-order valence-corrected chi connectivity index (χ0v) is 6.64. The van der Waals surface area contributed by atoms with Gasteiger partial charge in [-0.15, -0.1) is 0 Å². The highest BCUT2D eigenvalue weighted by Gasteiger charge is 2.40. The van der Waals surface area contributed by atoms with Crippen molar-refractivity contribution >= 4 is 0 Å². The maximum Gasteiger partial charge on any atom is 0.129 e. The van der Waals surface area contributed by atoms with Gasteiger partial charge in [0.05, 0.1) is 0 Å². The van der Waals surface area contributed by atoms with E-state index < -0.39 is 0 Å². The molecule has 0 radical (unpaired) electrons. The summed E-state index contributed by atoms with van der Waals surface area (Å²) in [6.07, 6.45) is 4.64. The Morgan fingerprint density at radius 1 is 1.50 bits per heavy atom. The SMILES string of the molecule is CC1=CC2=CC(C)(C)C1O2. The summed E-state index contributed by atoms with van der Waals surface area (Å²) in [5.74, 6) is 1.06. The Hall–Kier alpha value is -0.720. The maximum atomic E-state index is 5.57. The van der Waals surface area contributed by atoms with Crippen LogP contribution in [-0.2, 0) is 4.74 Å². The average molecular weight is 136 g/mol. The molecule has 2 rings (SSSR count). The van der Waals surface area contributed by atoms with Gasteiger partial charge in [-0.05, 0) is 24.6 Å². The van der Waals surface area contributed by atoms with E-state index in [1.807, 2.05) is 0 Å². The Morgan fingerprint density at radius 3 is 2.50 bits per heavy atom. The van der Waals surface area contributed by atoms with Gasteiger partial charge in [0, 0.05) is 5.41 Å². The van der Waals surface area contributed by atoms with Crippen LogP contribution in [0.5, 0.6) is 0 Å². The van der Waals surface area contributed by atoms with E-state index in [2.05, 4.69) is 32.9 Å². The minimum Gasteiger partial charge on any atom is -0.486 e. The van der Waals surface area contributed by atoms with Gasteiger partial charge in [0.25, 0.3) is 0 Å². The lowest BCUT2D eigenvalue weighted by Gasteiger charge is -2.23. The van der Waals surface area contributed by atoms with Crippen molar-refractivity contribution in [3.05, 3.63) is 23.5 Å². The van der Waals surface area contributed by atoms with Crippen LogP contribution in [0.2, 0.25) is 0 Å². The molecule has 54 valence electrons. The van der Waals surface area contributed by atoms with E-state index >= 15 is 0 Å². The first-order chi connectivity index (χ1) is 4.59. The fourth-order valence-electron chi connectivity index (χ4n) is 1.82. The minimum absolute atomic E-state index is 0.230. The van der Waals surface area contributed by atoms with E-state index in [1.165, 1.54) is 5.57 Å². The van der Waals surface area contributed by atoms with E-state index in [0.29, 0.717) is 6.10 Å². The zero-order valence-electron chi connectivity index (χ0n) is 6.64. The van der Waals surface area contributed by atoms with Crippen molar-refractivity contribution < 1.29 is 4.74 Å². The van der Waals surface area contributed by atoms with E-state index in [0.717, 1.165) is 5.76 Å². The van der Waals surface area contributed by atoms with Crippen molar-refractivity contribution in [3.63, 3.8) is 0 Å². The summed E-state index contributed by atoms with van der Waals surface area (Å²) >= 11 is 0. The Morgan fingerprint density at radius 2 is 2.20 bits per heavy atom. The third-order valence-corrected chi connectivity index (χ3v) is 2.23. The number of fused-ring (bicyclic) bond motifs is 2. The molecule has 0 fully saturated rings. The van der Waals surface area contributed by atoms with Crippen molar-refractivity contribution in [1.29, 1.82) is 0 Å². The van der Waals surface area contributed by atoms with E-state index in [1.54, 1.807) is 0 Å². The Bertz CT molecular complexity index is 233. The first-order valence-electron chi connectivity index (χ1n) is 3.67. The van der Waals surface area contributed by atoms with Crippen LogP contribution >= 0.6 is 0 Å². The van der Waals surface area contributed by atoms with Crippen LogP contribution in [0.4, 0.5) is 0 Å². The first-order valence-corrected chi connectivity index (χ1v) is 3.67. The fourth-order valence-corrected chi connectivity index (χ4v) is 1.82. The number of ether oxygens (including phenoxy) is 1. The van der Waals surface area contributed by atoms with Gasteiger partial charge in [-0.3, -0.25) is 0 Å². The van der Waals surface area contributed by atoms with Gasteiger partial charge in [0.2, 0.25) is 0 Å². The molecular weight excluding hydrogens is 124 g/mol. The molecule has 1 heteroatoms. The summed E-state index contributed by atoms with van der Waals surface area (Å²) in [5.41, 5.74) is 1.59. The quantitative estimate of drug-likeness (QED) is 0.496. The second-order valence-corrected chi connectivity index (χ2v) is 3.75. The van der Waals surface area contributed by atoms with Crippen molar-refractivity contribution in [2.24, 2.45) is 5.41 Å². The highest BCUT2D eigenvalue weighted by atomic mass is 16.5. The molecule has 10 heavy (non-hydrogen) atoms. The normalized spacial score (nSPS) is 33.3. The van der Waals surface area contributed by atoms with Crippen LogP contribution in [0.15, 0.2) is 23.5 Å². The zero-order chi connectivity index (χ0) is 7.35. The van der Waals surface area contributed by atoms with Crippen LogP contribution in [-0.4, -0.2) is 6.10 Å². The average Bonchev–Trinajstić information content (AvgIpc) is 2.18. The molecule has 2 bridgehead atoms. The van der Waals surface area contributed by atoms with Crippen LogP contribution in [0, 0.1) is 5.41 Å². The smallest absolute Gasteiger partial charge is 0.129 e.